The van der Waals surface area contributed by atoms with Crippen molar-refractivity contribution in [2.75, 3.05) is 32.8 Å². The van der Waals surface area contributed by atoms with Crippen LogP contribution in [0.2, 0.25) is 5.02 Å². The second kappa shape index (κ2) is 8.37. The monoisotopic (exact) mass is 401 g/mol. The molecule has 2 amide bonds. The maximum Gasteiger partial charge on any atom is 0.223 e. The van der Waals surface area contributed by atoms with Crippen molar-refractivity contribution in [2.24, 2.45) is 0 Å². The Morgan fingerprint density at radius 1 is 0.964 bits per heavy atom. The standard InChI is InChI=1S/C21H24ClN3O3/c22-17-5-2-1-4-16(17)21-18-6-3-9-23(18)10-11-25(21)20(27)8-7-19(26)24-12-14-28-15-13-24/h1-6,9,21H,7-8,10-15H2. The summed E-state index contributed by atoms with van der Waals surface area (Å²) in [7, 11) is 0. The third-order valence-electron chi connectivity index (χ3n) is 5.47. The van der Waals surface area contributed by atoms with Crippen LogP contribution in [0, 0.1) is 0 Å². The van der Waals surface area contributed by atoms with Crippen LogP contribution in [-0.4, -0.2) is 59.0 Å². The van der Waals surface area contributed by atoms with E-state index >= 15 is 0 Å². The molecule has 1 atom stereocenters. The molecule has 1 unspecified atom stereocenters. The zero-order valence-corrected chi connectivity index (χ0v) is 16.5. The first-order chi connectivity index (χ1) is 13.6. The van der Waals surface area contributed by atoms with E-state index in [0.717, 1.165) is 17.8 Å². The molecular weight excluding hydrogens is 378 g/mol. The van der Waals surface area contributed by atoms with Crippen molar-refractivity contribution in [1.82, 2.24) is 14.4 Å². The maximum absolute atomic E-state index is 13.1. The Labute approximate surface area is 169 Å². The number of rotatable bonds is 4. The molecule has 148 valence electrons. The highest BCUT2D eigenvalue weighted by Crippen LogP contribution is 2.36. The number of carbonyl (C=O) groups excluding carboxylic acids is 2. The van der Waals surface area contributed by atoms with Crippen LogP contribution in [0.25, 0.3) is 0 Å². The average molecular weight is 402 g/mol. The molecule has 1 aromatic heterocycles. The number of nitrogens with zero attached hydrogens (tertiary/aromatic N) is 3. The molecule has 0 saturated carbocycles. The number of amides is 2. The number of carbonyl (C=O) groups is 2. The zero-order valence-electron chi connectivity index (χ0n) is 15.7. The highest BCUT2D eigenvalue weighted by Gasteiger charge is 2.33. The topological polar surface area (TPSA) is 54.8 Å². The van der Waals surface area contributed by atoms with E-state index in [2.05, 4.69) is 4.57 Å². The summed E-state index contributed by atoms with van der Waals surface area (Å²) >= 11 is 6.47. The second-order valence-corrected chi connectivity index (χ2v) is 7.54. The Hall–Kier alpha value is -2.31. The summed E-state index contributed by atoms with van der Waals surface area (Å²) in [5.41, 5.74) is 1.96. The highest BCUT2D eigenvalue weighted by molar-refractivity contribution is 6.31. The van der Waals surface area contributed by atoms with Gasteiger partial charge in [-0.3, -0.25) is 9.59 Å². The molecule has 7 heteroatoms. The van der Waals surface area contributed by atoms with Crippen LogP contribution >= 0.6 is 11.6 Å². The van der Waals surface area contributed by atoms with Crippen LogP contribution in [0.4, 0.5) is 0 Å². The molecule has 1 saturated heterocycles. The molecule has 3 heterocycles. The van der Waals surface area contributed by atoms with Gasteiger partial charge in [-0.05, 0) is 23.8 Å². The van der Waals surface area contributed by atoms with E-state index in [-0.39, 0.29) is 30.7 Å². The first-order valence-electron chi connectivity index (χ1n) is 9.69. The van der Waals surface area contributed by atoms with Gasteiger partial charge in [-0.25, -0.2) is 0 Å². The molecule has 2 aliphatic rings. The number of morpholine rings is 1. The lowest BCUT2D eigenvalue weighted by atomic mass is 9.99. The van der Waals surface area contributed by atoms with Gasteiger partial charge in [-0.2, -0.15) is 0 Å². The van der Waals surface area contributed by atoms with E-state index in [1.54, 1.807) is 4.90 Å². The smallest absolute Gasteiger partial charge is 0.223 e. The van der Waals surface area contributed by atoms with Crippen LogP contribution in [0.15, 0.2) is 42.6 Å². The van der Waals surface area contributed by atoms with E-state index in [4.69, 9.17) is 16.3 Å². The number of hydrogen-bond acceptors (Lipinski definition) is 3. The molecule has 1 fully saturated rings. The number of fused-ring (bicyclic) bond motifs is 1. The summed E-state index contributed by atoms with van der Waals surface area (Å²) in [4.78, 5) is 29.2. The van der Waals surface area contributed by atoms with E-state index < -0.39 is 0 Å². The van der Waals surface area contributed by atoms with Crippen LogP contribution in [0.1, 0.15) is 30.1 Å². The van der Waals surface area contributed by atoms with E-state index in [9.17, 15) is 9.59 Å². The van der Waals surface area contributed by atoms with Crippen LogP contribution < -0.4 is 0 Å². The minimum atomic E-state index is -0.233. The van der Waals surface area contributed by atoms with Crippen molar-refractivity contribution in [2.45, 2.75) is 25.4 Å². The lowest BCUT2D eigenvalue weighted by molar-refractivity contribution is -0.140. The van der Waals surface area contributed by atoms with Crippen LogP contribution in [0.3, 0.4) is 0 Å². The first-order valence-corrected chi connectivity index (χ1v) is 10.1. The van der Waals surface area contributed by atoms with Crippen LogP contribution in [0.5, 0.6) is 0 Å². The summed E-state index contributed by atoms with van der Waals surface area (Å²) in [5, 5.41) is 0.643. The number of hydrogen-bond donors (Lipinski definition) is 0. The Balaban J connectivity index is 1.51. The van der Waals surface area contributed by atoms with Crippen molar-refractivity contribution in [3.63, 3.8) is 0 Å². The molecule has 0 spiro atoms. The molecule has 4 rings (SSSR count). The largest absolute Gasteiger partial charge is 0.378 e. The fraction of sp³-hybridized carbons (Fsp3) is 0.429. The molecule has 2 aliphatic heterocycles. The van der Waals surface area contributed by atoms with Gasteiger partial charge in [-0.15, -0.1) is 0 Å². The Bertz CT molecular complexity index is 860. The van der Waals surface area contributed by atoms with Crippen LogP contribution in [-0.2, 0) is 20.9 Å². The summed E-state index contributed by atoms with van der Waals surface area (Å²) in [6, 6.07) is 11.4. The van der Waals surface area contributed by atoms with Crippen molar-refractivity contribution >= 4 is 23.4 Å². The van der Waals surface area contributed by atoms with Crippen molar-refractivity contribution in [1.29, 1.82) is 0 Å². The first kappa shape index (κ1) is 19.0. The fourth-order valence-corrected chi connectivity index (χ4v) is 4.24. The number of benzene rings is 1. The lowest BCUT2D eigenvalue weighted by Crippen LogP contribution is -2.44. The van der Waals surface area contributed by atoms with Crippen molar-refractivity contribution in [3.8, 4) is 0 Å². The van der Waals surface area contributed by atoms with E-state index in [1.165, 1.54) is 0 Å². The van der Waals surface area contributed by atoms with Gasteiger partial charge < -0.3 is 19.1 Å². The number of aromatic nitrogens is 1. The Morgan fingerprint density at radius 3 is 2.50 bits per heavy atom. The average Bonchev–Trinajstić information content (AvgIpc) is 3.21. The predicted octanol–water partition coefficient (Wildman–Crippen LogP) is 2.71. The molecule has 28 heavy (non-hydrogen) atoms. The quantitative estimate of drug-likeness (QED) is 0.791. The summed E-state index contributed by atoms with van der Waals surface area (Å²) in [5.74, 6) is 0.00491. The molecule has 2 aromatic rings. The minimum absolute atomic E-state index is 0.0148. The molecule has 0 N–H and O–H groups in total. The van der Waals surface area contributed by atoms with Crippen molar-refractivity contribution < 1.29 is 14.3 Å². The maximum atomic E-state index is 13.1. The van der Waals surface area contributed by atoms with Gasteiger partial charge in [0.2, 0.25) is 11.8 Å². The molecular formula is C21H24ClN3O3. The van der Waals surface area contributed by atoms with Gasteiger partial charge in [0.15, 0.2) is 0 Å². The molecule has 0 radical (unpaired) electrons. The fourth-order valence-electron chi connectivity index (χ4n) is 4.00. The SMILES string of the molecule is O=C(CCC(=O)N1CCn2cccc2C1c1ccccc1Cl)N1CCOCC1. The Kier molecular flexibility index (Phi) is 5.69. The summed E-state index contributed by atoms with van der Waals surface area (Å²) < 4.78 is 7.45. The normalized spacial score (nSPS) is 19.4. The zero-order chi connectivity index (χ0) is 19.5. The molecule has 1 aromatic carbocycles. The highest BCUT2D eigenvalue weighted by atomic mass is 35.5. The van der Waals surface area contributed by atoms with Crippen molar-refractivity contribution in [3.05, 3.63) is 58.9 Å². The third kappa shape index (κ3) is 3.80. The number of halogens is 1. The van der Waals surface area contributed by atoms with E-state index in [0.29, 0.717) is 37.9 Å². The van der Waals surface area contributed by atoms with E-state index in [1.807, 2.05) is 47.5 Å². The molecule has 0 aliphatic carbocycles. The summed E-state index contributed by atoms with van der Waals surface area (Å²) in [6.07, 6.45) is 2.46. The van der Waals surface area contributed by atoms with Gasteiger partial charge in [0, 0.05) is 55.9 Å². The van der Waals surface area contributed by atoms with Gasteiger partial charge in [0.05, 0.1) is 19.3 Å². The molecule has 0 bridgehead atoms. The third-order valence-corrected chi connectivity index (χ3v) is 5.82. The molecule has 6 nitrogen and oxygen atoms in total. The minimum Gasteiger partial charge on any atom is -0.378 e. The summed E-state index contributed by atoms with van der Waals surface area (Å²) in [6.45, 7) is 3.68. The van der Waals surface area contributed by atoms with Gasteiger partial charge in [0.25, 0.3) is 0 Å². The second-order valence-electron chi connectivity index (χ2n) is 7.13. The predicted molar refractivity (Wildman–Crippen MR) is 106 cm³/mol. The van der Waals surface area contributed by atoms with Gasteiger partial charge >= 0.3 is 0 Å². The lowest BCUT2D eigenvalue weighted by Gasteiger charge is -2.38. The van der Waals surface area contributed by atoms with Gasteiger partial charge in [-0.1, -0.05) is 29.8 Å². The Morgan fingerprint density at radius 2 is 1.71 bits per heavy atom. The number of ether oxygens (including phenoxy) is 1. The van der Waals surface area contributed by atoms with Gasteiger partial charge in [0.1, 0.15) is 0 Å².